The summed E-state index contributed by atoms with van der Waals surface area (Å²) >= 11 is 6.03. The zero-order valence-electron chi connectivity index (χ0n) is 17.8. The molecule has 32 heavy (non-hydrogen) atoms. The van der Waals surface area contributed by atoms with Crippen molar-refractivity contribution < 1.29 is 23.9 Å². The average Bonchev–Trinajstić information content (AvgIpc) is 2.77. The first-order valence-electron chi connectivity index (χ1n) is 9.67. The van der Waals surface area contributed by atoms with E-state index < -0.39 is 11.9 Å². The minimum absolute atomic E-state index is 0.0447. The molecule has 0 spiro atoms. The number of nitrogens with two attached hydrogens (primary N) is 2. The number of para-hydroxylation sites is 1. The van der Waals surface area contributed by atoms with Gasteiger partial charge < -0.3 is 20.5 Å². The molecule has 2 aromatic rings. The van der Waals surface area contributed by atoms with Gasteiger partial charge in [-0.25, -0.2) is 4.79 Å². The van der Waals surface area contributed by atoms with Crippen molar-refractivity contribution >= 4 is 47.0 Å². The van der Waals surface area contributed by atoms with Gasteiger partial charge in [-0.3, -0.25) is 14.7 Å². The van der Waals surface area contributed by atoms with Gasteiger partial charge in [-0.1, -0.05) is 36.3 Å². The Kier molecular flexibility index (Phi) is 9.18. The quantitative estimate of drug-likeness (QED) is 0.205. The van der Waals surface area contributed by atoms with Gasteiger partial charge in [0, 0.05) is 23.3 Å². The Hall–Kier alpha value is -2.95. The second kappa shape index (κ2) is 11.6. The number of esters is 2. The lowest BCUT2D eigenvalue weighted by Crippen LogP contribution is -2.37. The standard InChI is InChI=1S/C22H25N3O5S2/c1-22(2,32-24)13-25-18(26)11-12-19(27)30-17-6-4-3-5-16(17)21(28)29-15-9-7-14(8-10-15)20(23)31/h3-10H,11-13,24H2,1-2H3,(H2,23,31)(H,25,26). The molecular weight excluding hydrogens is 450 g/mol. The van der Waals surface area contributed by atoms with Crippen LogP contribution in [0.4, 0.5) is 0 Å². The third-order valence-electron chi connectivity index (χ3n) is 4.27. The number of hydrogen-bond acceptors (Lipinski definition) is 8. The molecule has 5 N–H and O–H groups in total. The third kappa shape index (κ3) is 7.95. The van der Waals surface area contributed by atoms with E-state index in [1.165, 1.54) is 12.1 Å². The van der Waals surface area contributed by atoms with Gasteiger partial charge in [0.1, 0.15) is 22.1 Å². The van der Waals surface area contributed by atoms with E-state index in [1.807, 2.05) is 13.8 Å². The highest BCUT2D eigenvalue weighted by atomic mass is 32.2. The summed E-state index contributed by atoms with van der Waals surface area (Å²) < 4.78 is 10.3. The van der Waals surface area contributed by atoms with Gasteiger partial charge in [-0.05, 0) is 50.2 Å². The number of amides is 1. The molecule has 0 fully saturated rings. The second-order valence-electron chi connectivity index (χ2n) is 7.40. The van der Waals surface area contributed by atoms with Gasteiger partial charge in [0.15, 0.2) is 0 Å². The molecule has 0 heterocycles. The molecule has 0 saturated carbocycles. The number of rotatable bonds is 10. The van der Waals surface area contributed by atoms with Crippen LogP contribution >= 0.6 is 24.2 Å². The van der Waals surface area contributed by atoms with Crippen molar-refractivity contribution in [2.45, 2.75) is 31.4 Å². The van der Waals surface area contributed by atoms with Crippen LogP contribution in [-0.4, -0.2) is 34.1 Å². The minimum Gasteiger partial charge on any atom is -0.426 e. The number of nitrogens with one attached hydrogen (secondary N) is 1. The van der Waals surface area contributed by atoms with Crippen LogP contribution in [0.2, 0.25) is 0 Å². The lowest BCUT2D eigenvalue weighted by atomic mass is 10.2. The van der Waals surface area contributed by atoms with E-state index in [2.05, 4.69) is 5.32 Å². The van der Waals surface area contributed by atoms with Crippen molar-refractivity contribution in [2.75, 3.05) is 6.54 Å². The molecule has 2 aromatic carbocycles. The highest BCUT2D eigenvalue weighted by molar-refractivity contribution is 7.98. The van der Waals surface area contributed by atoms with E-state index in [9.17, 15) is 14.4 Å². The topological polar surface area (TPSA) is 134 Å². The molecule has 0 radical (unpaired) electrons. The maximum Gasteiger partial charge on any atom is 0.347 e. The van der Waals surface area contributed by atoms with Crippen LogP contribution in [0.15, 0.2) is 48.5 Å². The SMILES string of the molecule is CC(C)(CNC(=O)CCC(=O)Oc1ccccc1C(=O)Oc1ccc(C(N)=S)cc1)SN. The fourth-order valence-corrected chi connectivity index (χ4v) is 2.70. The highest BCUT2D eigenvalue weighted by Gasteiger charge is 2.20. The van der Waals surface area contributed by atoms with Crippen LogP contribution in [0.5, 0.6) is 11.5 Å². The number of hydrogen-bond donors (Lipinski definition) is 3. The van der Waals surface area contributed by atoms with Crippen molar-refractivity contribution in [2.24, 2.45) is 10.9 Å². The maximum atomic E-state index is 12.6. The zero-order valence-corrected chi connectivity index (χ0v) is 19.4. The van der Waals surface area contributed by atoms with Crippen molar-refractivity contribution in [1.82, 2.24) is 5.32 Å². The maximum absolute atomic E-state index is 12.6. The molecule has 170 valence electrons. The lowest BCUT2D eigenvalue weighted by molar-refractivity contribution is -0.136. The fraction of sp³-hybridized carbons (Fsp3) is 0.273. The van der Waals surface area contributed by atoms with Gasteiger partial charge in [0.2, 0.25) is 5.91 Å². The Balaban J connectivity index is 1.94. The third-order valence-corrected chi connectivity index (χ3v) is 5.28. The van der Waals surface area contributed by atoms with Crippen LogP contribution in [0, 0.1) is 0 Å². The molecule has 10 heteroatoms. The Bertz CT molecular complexity index is 993. The van der Waals surface area contributed by atoms with E-state index in [0.29, 0.717) is 12.1 Å². The summed E-state index contributed by atoms with van der Waals surface area (Å²) in [5, 5.41) is 8.27. The predicted octanol–water partition coefficient (Wildman–Crippen LogP) is 2.73. The predicted molar refractivity (Wildman–Crippen MR) is 127 cm³/mol. The lowest BCUT2D eigenvalue weighted by Gasteiger charge is -2.21. The molecule has 1 amide bonds. The monoisotopic (exact) mass is 475 g/mol. The van der Waals surface area contributed by atoms with Crippen LogP contribution in [0.3, 0.4) is 0 Å². The first-order valence-corrected chi connectivity index (χ1v) is 11.0. The summed E-state index contributed by atoms with van der Waals surface area (Å²) in [6.45, 7) is 4.15. The summed E-state index contributed by atoms with van der Waals surface area (Å²) in [5.74, 6) is -1.31. The molecule has 0 unspecified atom stereocenters. The molecule has 0 aliphatic carbocycles. The Morgan fingerprint density at radius 2 is 1.69 bits per heavy atom. The fourth-order valence-electron chi connectivity index (χ4n) is 2.40. The Morgan fingerprint density at radius 3 is 2.31 bits per heavy atom. The summed E-state index contributed by atoms with van der Waals surface area (Å²) in [5.41, 5.74) is 6.27. The molecule has 0 atom stereocenters. The molecule has 0 aromatic heterocycles. The van der Waals surface area contributed by atoms with Crippen LogP contribution in [-0.2, 0) is 9.59 Å². The normalized spacial score (nSPS) is 10.8. The number of ether oxygens (including phenoxy) is 2. The molecule has 0 aliphatic rings. The highest BCUT2D eigenvalue weighted by Crippen LogP contribution is 2.22. The largest absolute Gasteiger partial charge is 0.426 e. The van der Waals surface area contributed by atoms with Gasteiger partial charge >= 0.3 is 11.9 Å². The zero-order chi connectivity index (χ0) is 23.7. The Labute approximate surface area is 196 Å². The summed E-state index contributed by atoms with van der Waals surface area (Å²) in [6, 6.07) is 12.6. The number of thiocarbonyl (C=S) groups is 1. The first kappa shape index (κ1) is 25.3. The van der Waals surface area contributed by atoms with Gasteiger partial charge in [0.25, 0.3) is 0 Å². The van der Waals surface area contributed by atoms with Crippen LogP contribution < -0.4 is 25.7 Å². The van der Waals surface area contributed by atoms with Crippen LogP contribution in [0.25, 0.3) is 0 Å². The van der Waals surface area contributed by atoms with E-state index in [-0.39, 0.29) is 45.5 Å². The van der Waals surface area contributed by atoms with Gasteiger partial charge in [-0.15, -0.1) is 0 Å². The van der Waals surface area contributed by atoms with Gasteiger partial charge in [0.05, 0.1) is 6.42 Å². The van der Waals surface area contributed by atoms with E-state index in [0.717, 1.165) is 11.9 Å². The van der Waals surface area contributed by atoms with Crippen molar-refractivity contribution in [1.29, 1.82) is 0 Å². The van der Waals surface area contributed by atoms with Gasteiger partial charge in [-0.2, -0.15) is 0 Å². The molecule has 0 saturated heterocycles. The first-order chi connectivity index (χ1) is 15.1. The van der Waals surface area contributed by atoms with Crippen molar-refractivity contribution in [3.63, 3.8) is 0 Å². The summed E-state index contributed by atoms with van der Waals surface area (Å²) in [4.78, 5) is 37.0. The second-order valence-corrected chi connectivity index (χ2v) is 9.18. The van der Waals surface area contributed by atoms with E-state index in [1.54, 1.807) is 36.4 Å². The van der Waals surface area contributed by atoms with Crippen LogP contribution in [0.1, 0.15) is 42.6 Å². The number of benzene rings is 2. The number of carbonyl (C=O) groups excluding carboxylic acids is 3. The van der Waals surface area contributed by atoms with Crippen molar-refractivity contribution in [3.8, 4) is 11.5 Å². The number of carbonyl (C=O) groups is 3. The molecule has 0 bridgehead atoms. The minimum atomic E-state index is -0.698. The molecule has 8 nitrogen and oxygen atoms in total. The van der Waals surface area contributed by atoms with E-state index in [4.69, 9.17) is 32.6 Å². The molecule has 0 aliphatic heterocycles. The average molecular weight is 476 g/mol. The van der Waals surface area contributed by atoms with E-state index >= 15 is 0 Å². The summed E-state index contributed by atoms with van der Waals surface area (Å²) in [7, 11) is 0. The summed E-state index contributed by atoms with van der Waals surface area (Å²) in [6.07, 6.45) is -0.196. The van der Waals surface area contributed by atoms with Crippen molar-refractivity contribution in [3.05, 3.63) is 59.7 Å². The molecular formula is C22H25N3O5S2. The molecule has 2 rings (SSSR count). The smallest absolute Gasteiger partial charge is 0.347 e. The Morgan fingerprint density at radius 1 is 1.03 bits per heavy atom.